The number of benzene rings is 1. The van der Waals surface area contributed by atoms with Gasteiger partial charge in [0, 0.05) is 46.5 Å². The van der Waals surface area contributed by atoms with Gasteiger partial charge in [-0.3, -0.25) is 0 Å². The van der Waals surface area contributed by atoms with Gasteiger partial charge in [0.25, 0.3) is 0 Å². The van der Waals surface area contributed by atoms with Crippen LogP contribution < -0.4 is 15.1 Å². The van der Waals surface area contributed by atoms with E-state index in [9.17, 15) is 4.79 Å². The number of hydrogen-bond donors (Lipinski definition) is 1. The summed E-state index contributed by atoms with van der Waals surface area (Å²) < 4.78 is 0. The van der Waals surface area contributed by atoms with Crippen LogP contribution in [0.5, 0.6) is 0 Å². The number of nitrogens with one attached hydrogen (secondary N) is 1. The summed E-state index contributed by atoms with van der Waals surface area (Å²) >= 11 is 0. The molecule has 25 heavy (non-hydrogen) atoms. The van der Waals surface area contributed by atoms with Crippen LogP contribution >= 0.6 is 0 Å². The van der Waals surface area contributed by atoms with Gasteiger partial charge < -0.3 is 20.0 Å². The van der Waals surface area contributed by atoms with Crippen molar-refractivity contribution in [1.82, 2.24) is 14.9 Å². The standard InChI is InChI=1S/C18H24N6O/c1-14-19-9-8-17(20-14)23-10-12-24(13-11-23)18(25)21-15-6-4-5-7-16(15)22(2)3/h4-9H,10-13H2,1-3H3,(H,21,25). The minimum absolute atomic E-state index is 0.0622. The molecule has 2 aromatic rings. The highest BCUT2D eigenvalue weighted by Crippen LogP contribution is 2.24. The largest absolute Gasteiger partial charge is 0.376 e. The molecule has 0 bridgehead atoms. The zero-order valence-corrected chi connectivity index (χ0v) is 14.9. The quantitative estimate of drug-likeness (QED) is 0.928. The molecule has 1 fully saturated rings. The van der Waals surface area contributed by atoms with Gasteiger partial charge in [0.2, 0.25) is 0 Å². The lowest BCUT2D eigenvalue weighted by molar-refractivity contribution is 0.208. The molecule has 1 aliphatic rings. The van der Waals surface area contributed by atoms with E-state index < -0.39 is 0 Å². The van der Waals surface area contributed by atoms with Crippen LogP contribution in [0.1, 0.15) is 5.82 Å². The molecule has 3 rings (SSSR count). The lowest BCUT2D eigenvalue weighted by atomic mass is 10.2. The normalized spacial score (nSPS) is 14.4. The molecule has 132 valence electrons. The van der Waals surface area contributed by atoms with Crippen molar-refractivity contribution in [2.45, 2.75) is 6.92 Å². The Morgan fingerprint density at radius 2 is 1.84 bits per heavy atom. The molecule has 0 unspecified atom stereocenters. The Morgan fingerprint density at radius 3 is 2.52 bits per heavy atom. The molecule has 7 heteroatoms. The maximum absolute atomic E-state index is 12.6. The molecule has 0 aliphatic carbocycles. The molecule has 1 N–H and O–H groups in total. The van der Waals surface area contributed by atoms with Crippen LogP contribution in [0.3, 0.4) is 0 Å². The van der Waals surface area contributed by atoms with Crippen molar-refractivity contribution in [2.75, 3.05) is 55.4 Å². The highest BCUT2D eigenvalue weighted by atomic mass is 16.2. The average molecular weight is 340 g/mol. The lowest BCUT2D eigenvalue weighted by Crippen LogP contribution is -2.50. The van der Waals surface area contributed by atoms with Crippen LogP contribution in [-0.2, 0) is 0 Å². The van der Waals surface area contributed by atoms with Crippen molar-refractivity contribution in [3.05, 3.63) is 42.4 Å². The molecule has 1 aromatic carbocycles. The van der Waals surface area contributed by atoms with Crippen molar-refractivity contribution in [2.24, 2.45) is 0 Å². The molecular formula is C18H24N6O. The first kappa shape index (κ1) is 17.0. The number of hydrogen-bond acceptors (Lipinski definition) is 5. The van der Waals surface area contributed by atoms with E-state index in [2.05, 4.69) is 20.2 Å². The molecule has 1 aromatic heterocycles. The summed E-state index contributed by atoms with van der Waals surface area (Å²) in [4.78, 5) is 27.2. The number of nitrogens with zero attached hydrogens (tertiary/aromatic N) is 5. The van der Waals surface area contributed by atoms with Crippen molar-refractivity contribution in [1.29, 1.82) is 0 Å². The van der Waals surface area contributed by atoms with E-state index in [1.165, 1.54) is 0 Å². The number of piperazine rings is 1. The topological polar surface area (TPSA) is 64.6 Å². The van der Waals surface area contributed by atoms with Crippen LogP contribution in [0.25, 0.3) is 0 Å². The Labute approximate surface area is 148 Å². The predicted molar refractivity (Wildman–Crippen MR) is 100 cm³/mol. The second-order valence-electron chi connectivity index (χ2n) is 6.28. The van der Waals surface area contributed by atoms with E-state index >= 15 is 0 Å². The van der Waals surface area contributed by atoms with Gasteiger partial charge in [0.05, 0.1) is 11.4 Å². The van der Waals surface area contributed by atoms with E-state index in [0.29, 0.717) is 13.1 Å². The van der Waals surface area contributed by atoms with E-state index in [1.54, 1.807) is 6.20 Å². The molecule has 0 atom stereocenters. The van der Waals surface area contributed by atoms with Crippen molar-refractivity contribution in [3.63, 3.8) is 0 Å². The molecule has 0 spiro atoms. The lowest BCUT2D eigenvalue weighted by Gasteiger charge is -2.35. The fourth-order valence-corrected chi connectivity index (χ4v) is 2.92. The molecule has 2 heterocycles. The van der Waals surface area contributed by atoms with Crippen LogP contribution in [0.2, 0.25) is 0 Å². The fraction of sp³-hybridized carbons (Fsp3) is 0.389. The first-order valence-electron chi connectivity index (χ1n) is 8.41. The van der Waals surface area contributed by atoms with Crippen molar-refractivity contribution >= 4 is 23.2 Å². The van der Waals surface area contributed by atoms with Crippen LogP contribution in [-0.4, -0.2) is 61.2 Å². The first-order chi connectivity index (χ1) is 12.0. The number of carbonyl (C=O) groups is 1. The molecule has 1 saturated heterocycles. The number of rotatable bonds is 3. The van der Waals surface area contributed by atoms with Crippen molar-refractivity contribution in [3.8, 4) is 0 Å². The Kier molecular flexibility index (Phi) is 5.02. The Morgan fingerprint density at radius 1 is 1.12 bits per heavy atom. The third kappa shape index (κ3) is 3.99. The van der Waals surface area contributed by atoms with Gasteiger partial charge >= 0.3 is 6.03 Å². The SMILES string of the molecule is Cc1nccc(N2CCN(C(=O)Nc3ccccc3N(C)C)CC2)n1. The second kappa shape index (κ2) is 7.38. The fourth-order valence-electron chi connectivity index (χ4n) is 2.92. The third-order valence-corrected chi connectivity index (χ3v) is 4.28. The molecule has 0 saturated carbocycles. The van der Waals surface area contributed by atoms with Crippen LogP contribution in [0.15, 0.2) is 36.5 Å². The zero-order chi connectivity index (χ0) is 17.8. The summed E-state index contributed by atoms with van der Waals surface area (Å²) in [5, 5.41) is 3.03. The smallest absolute Gasteiger partial charge is 0.322 e. The van der Waals surface area contributed by atoms with E-state index in [1.807, 2.05) is 61.2 Å². The highest BCUT2D eigenvalue weighted by molar-refractivity contribution is 5.93. The van der Waals surface area contributed by atoms with E-state index in [4.69, 9.17) is 0 Å². The van der Waals surface area contributed by atoms with Crippen LogP contribution in [0.4, 0.5) is 22.0 Å². The maximum atomic E-state index is 12.6. The molecule has 0 radical (unpaired) electrons. The monoisotopic (exact) mass is 340 g/mol. The Balaban J connectivity index is 1.61. The van der Waals surface area contributed by atoms with Gasteiger partial charge in [-0.1, -0.05) is 12.1 Å². The minimum Gasteiger partial charge on any atom is -0.376 e. The highest BCUT2D eigenvalue weighted by Gasteiger charge is 2.22. The minimum atomic E-state index is -0.0622. The van der Waals surface area contributed by atoms with E-state index in [-0.39, 0.29) is 6.03 Å². The number of aryl methyl sites for hydroxylation is 1. The zero-order valence-electron chi connectivity index (χ0n) is 14.9. The maximum Gasteiger partial charge on any atom is 0.322 e. The Hall–Kier alpha value is -2.83. The average Bonchev–Trinajstić information content (AvgIpc) is 2.62. The van der Waals surface area contributed by atoms with Gasteiger partial charge in [-0.05, 0) is 25.1 Å². The summed E-state index contributed by atoms with van der Waals surface area (Å²) in [6, 6.07) is 9.66. The summed E-state index contributed by atoms with van der Waals surface area (Å²) in [5.41, 5.74) is 1.82. The summed E-state index contributed by atoms with van der Waals surface area (Å²) in [6.45, 7) is 4.74. The number of amides is 2. The van der Waals surface area contributed by atoms with Gasteiger partial charge in [-0.2, -0.15) is 0 Å². The number of urea groups is 1. The number of carbonyl (C=O) groups excluding carboxylic acids is 1. The number of para-hydroxylation sites is 2. The number of aromatic nitrogens is 2. The van der Waals surface area contributed by atoms with Gasteiger partial charge in [0.15, 0.2) is 0 Å². The second-order valence-corrected chi connectivity index (χ2v) is 6.28. The van der Waals surface area contributed by atoms with Gasteiger partial charge in [0.1, 0.15) is 11.6 Å². The predicted octanol–water partition coefficient (Wildman–Crippen LogP) is 2.21. The molecule has 7 nitrogen and oxygen atoms in total. The van der Waals surface area contributed by atoms with E-state index in [0.717, 1.165) is 36.1 Å². The summed E-state index contributed by atoms with van der Waals surface area (Å²) in [6.07, 6.45) is 1.77. The first-order valence-corrected chi connectivity index (χ1v) is 8.41. The molecule has 1 aliphatic heterocycles. The summed E-state index contributed by atoms with van der Waals surface area (Å²) in [5.74, 6) is 1.68. The third-order valence-electron chi connectivity index (χ3n) is 4.28. The Bertz CT molecular complexity index is 740. The van der Waals surface area contributed by atoms with Crippen LogP contribution in [0, 0.1) is 6.92 Å². The molecule has 2 amide bonds. The van der Waals surface area contributed by atoms with Crippen molar-refractivity contribution < 1.29 is 4.79 Å². The molecular weight excluding hydrogens is 316 g/mol. The van der Waals surface area contributed by atoms with Gasteiger partial charge in [-0.15, -0.1) is 0 Å². The summed E-state index contributed by atoms with van der Waals surface area (Å²) in [7, 11) is 3.93. The number of anilines is 3. The van der Waals surface area contributed by atoms with Gasteiger partial charge in [-0.25, -0.2) is 14.8 Å².